The number of rotatable bonds is 3. The Morgan fingerprint density at radius 1 is 1.11 bits per heavy atom. The first-order valence-corrected chi connectivity index (χ1v) is 8.10. The van der Waals surface area contributed by atoms with Crippen molar-refractivity contribution in [2.24, 2.45) is 5.73 Å². The van der Waals surface area contributed by atoms with Gasteiger partial charge in [-0.25, -0.2) is 0 Å². The highest BCUT2D eigenvalue weighted by molar-refractivity contribution is 7.86. The summed E-state index contributed by atoms with van der Waals surface area (Å²) in [5.41, 5.74) is 5.74. The molecule has 1 atom stereocenters. The Hall–Kier alpha value is -0.210. The minimum atomic E-state index is -3.36. The van der Waals surface area contributed by atoms with E-state index >= 15 is 0 Å². The molecule has 2 aliphatic rings. The Labute approximate surface area is 109 Å². The van der Waals surface area contributed by atoms with Crippen molar-refractivity contribution in [1.82, 2.24) is 8.61 Å². The van der Waals surface area contributed by atoms with Crippen molar-refractivity contribution in [3.8, 4) is 0 Å². The van der Waals surface area contributed by atoms with Crippen LogP contribution in [-0.4, -0.2) is 62.5 Å². The van der Waals surface area contributed by atoms with Crippen molar-refractivity contribution >= 4 is 10.2 Å². The first-order chi connectivity index (χ1) is 8.66. The summed E-state index contributed by atoms with van der Waals surface area (Å²) < 4.78 is 33.6. The van der Waals surface area contributed by atoms with Crippen molar-refractivity contribution in [3.63, 3.8) is 0 Å². The van der Waals surface area contributed by atoms with Crippen LogP contribution in [-0.2, 0) is 14.9 Å². The Morgan fingerprint density at radius 2 is 1.83 bits per heavy atom. The molecule has 0 aromatic rings. The molecule has 1 unspecified atom stereocenters. The van der Waals surface area contributed by atoms with Gasteiger partial charge in [0.25, 0.3) is 10.2 Å². The highest BCUT2D eigenvalue weighted by atomic mass is 32.2. The third-order valence-corrected chi connectivity index (χ3v) is 5.78. The van der Waals surface area contributed by atoms with Crippen LogP contribution in [0.15, 0.2) is 0 Å². The quantitative estimate of drug-likeness (QED) is 0.773. The van der Waals surface area contributed by atoms with Gasteiger partial charge in [0.2, 0.25) is 0 Å². The van der Waals surface area contributed by atoms with E-state index in [0.29, 0.717) is 39.4 Å². The fourth-order valence-electron chi connectivity index (χ4n) is 2.62. The van der Waals surface area contributed by atoms with Crippen molar-refractivity contribution in [2.45, 2.75) is 31.7 Å². The molecule has 106 valence electrons. The molecule has 18 heavy (non-hydrogen) atoms. The molecule has 7 heteroatoms. The fraction of sp³-hybridized carbons (Fsp3) is 1.00. The van der Waals surface area contributed by atoms with E-state index in [4.69, 9.17) is 10.5 Å². The molecule has 0 radical (unpaired) electrons. The normalized spacial score (nSPS) is 29.1. The average Bonchev–Trinajstić information content (AvgIpc) is 2.65. The molecular weight excluding hydrogens is 254 g/mol. The van der Waals surface area contributed by atoms with E-state index in [-0.39, 0.29) is 6.04 Å². The molecule has 0 bridgehead atoms. The molecular formula is C11H23N3O3S. The lowest BCUT2D eigenvalue weighted by Crippen LogP contribution is -2.53. The van der Waals surface area contributed by atoms with Gasteiger partial charge in [0.15, 0.2) is 0 Å². The molecule has 0 amide bonds. The minimum absolute atomic E-state index is 0.0413. The zero-order chi connectivity index (χ0) is 13.0. The SMILES string of the molecule is NCC1CCCCCN1S(=O)(=O)N1CCOCC1. The van der Waals surface area contributed by atoms with Crippen molar-refractivity contribution in [2.75, 3.05) is 39.4 Å². The molecule has 0 aliphatic carbocycles. The van der Waals surface area contributed by atoms with Crippen LogP contribution in [0.25, 0.3) is 0 Å². The van der Waals surface area contributed by atoms with Crippen LogP contribution >= 0.6 is 0 Å². The lowest BCUT2D eigenvalue weighted by Gasteiger charge is -2.35. The first kappa shape index (κ1) is 14.2. The van der Waals surface area contributed by atoms with Crippen LogP contribution in [0.5, 0.6) is 0 Å². The lowest BCUT2D eigenvalue weighted by atomic mass is 10.1. The van der Waals surface area contributed by atoms with Crippen molar-refractivity contribution < 1.29 is 13.2 Å². The number of nitrogens with zero attached hydrogens (tertiary/aromatic N) is 2. The van der Waals surface area contributed by atoms with E-state index in [1.54, 1.807) is 4.31 Å². The summed E-state index contributed by atoms with van der Waals surface area (Å²) in [6.07, 6.45) is 3.96. The maximum absolute atomic E-state index is 12.6. The second-order valence-corrected chi connectivity index (χ2v) is 6.75. The fourth-order valence-corrected chi connectivity index (χ4v) is 4.45. The summed E-state index contributed by atoms with van der Waals surface area (Å²) in [5, 5.41) is 0. The number of hydrogen-bond donors (Lipinski definition) is 1. The van der Waals surface area contributed by atoms with Crippen LogP contribution in [0.4, 0.5) is 0 Å². The van der Waals surface area contributed by atoms with Gasteiger partial charge in [-0.2, -0.15) is 17.0 Å². The van der Waals surface area contributed by atoms with Gasteiger partial charge in [-0.1, -0.05) is 12.8 Å². The Balaban J connectivity index is 2.14. The van der Waals surface area contributed by atoms with E-state index in [9.17, 15) is 8.42 Å². The number of morpholine rings is 1. The second-order valence-electron chi connectivity index (χ2n) is 4.87. The van der Waals surface area contributed by atoms with Gasteiger partial charge in [-0.05, 0) is 12.8 Å². The third-order valence-electron chi connectivity index (χ3n) is 3.69. The molecule has 2 aliphatic heterocycles. The van der Waals surface area contributed by atoms with E-state index < -0.39 is 10.2 Å². The van der Waals surface area contributed by atoms with Crippen LogP contribution in [0.1, 0.15) is 25.7 Å². The van der Waals surface area contributed by atoms with Gasteiger partial charge < -0.3 is 10.5 Å². The van der Waals surface area contributed by atoms with Gasteiger partial charge in [0.1, 0.15) is 0 Å². The van der Waals surface area contributed by atoms with Crippen LogP contribution in [0.2, 0.25) is 0 Å². The van der Waals surface area contributed by atoms with E-state index in [0.717, 1.165) is 25.7 Å². The third kappa shape index (κ3) is 3.03. The molecule has 2 fully saturated rings. The lowest BCUT2D eigenvalue weighted by molar-refractivity contribution is 0.0693. The summed E-state index contributed by atoms with van der Waals surface area (Å²) >= 11 is 0. The van der Waals surface area contributed by atoms with Crippen LogP contribution in [0.3, 0.4) is 0 Å². The highest BCUT2D eigenvalue weighted by Gasteiger charge is 2.35. The molecule has 0 aromatic heterocycles. The van der Waals surface area contributed by atoms with Crippen molar-refractivity contribution in [3.05, 3.63) is 0 Å². The summed E-state index contributed by atoms with van der Waals surface area (Å²) in [6.45, 7) is 2.89. The first-order valence-electron chi connectivity index (χ1n) is 6.71. The van der Waals surface area contributed by atoms with Gasteiger partial charge >= 0.3 is 0 Å². The average molecular weight is 277 g/mol. The molecule has 2 saturated heterocycles. The Morgan fingerprint density at radius 3 is 2.50 bits per heavy atom. The number of hydrogen-bond acceptors (Lipinski definition) is 4. The molecule has 2 heterocycles. The summed E-state index contributed by atoms with van der Waals surface area (Å²) in [7, 11) is -3.36. The van der Waals surface area contributed by atoms with Gasteiger partial charge in [0.05, 0.1) is 13.2 Å². The maximum atomic E-state index is 12.6. The Bertz CT molecular complexity index is 355. The summed E-state index contributed by atoms with van der Waals surface area (Å²) in [6, 6.07) is -0.0413. The number of nitrogens with two attached hydrogens (primary N) is 1. The predicted molar refractivity (Wildman–Crippen MR) is 69.3 cm³/mol. The largest absolute Gasteiger partial charge is 0.379 e. The minimum Gasteiger partial charge on any atom is -0.379 e. The second kappa shape index (κ2) is 6.29. The van der Waals surface area contributed by atoms with Crippen LogP contribution < -0.4 is 5.73 Å². The molecule has 0 saturated carbocycles. The monoisotopic (exact) mass is 277 g/mol. The van der Waals surface area contributed by atoms with Gasteiger partial charge in [-0.3, -0.25) is 0 Å². The molecule has 2 N–H and O–H groups in total. The van der Waals surface area contributed by atoms with Crippen molar-refractivity contribution in [1.29, 1.82) is 0 Å². The van der Waals surface area contributed by atoms with E-state index in [1.807, 2.05) is 0 Å². The predicted octanol–water partition coefficient (Wildman–Crippen LogP) is -0.233. The molecule has 0 spiro atoms. The maximum Gasteiger partial charge on any atom is 0.282 e. The van der Waals surface area contributed by atoms with Gasteiger partial charge in [-0.15, -0.1) is 0 Å². The van der Waals surface area contributed by atoms with E-state index in [2.05, 4.69) is 0 Å². The van der Waals surface area contributed by atoms with Gasteiger partial charge in [0, 0.05) is 32.2 Å². The van der Waals surface area contributed by atoms with Crippen LogP contribution in [0, 0.1) is 0 Å². The van der Waals surface area contributed by atoms with E-state index in [1.165, 1.54) is 4.31 Å². The summed E-state index contributed by atoms with van der Waals surface area (Å²) in [5.74, 6) is 0. The molecule has 2 rings (SSSR count). The smallest absolute Gasteiger partial charge is 0.282 e. The molecule has 6 nitrogen and oxygen atoms in total. The zero-order valence-electron chi connectivity index (χ0n) is 10.8. The topological polar surface area (TPSA) is 75.9 Å². The standard InChI is InChI=1S/C11H23N3O3S/c12-10-11-4-2-1-3-5-14(11)18(15,16)13-6-8-17-9-7-13/h11H,1-10,12H2. The summed E-state index contributed by atoms with van der Waals surface area (Å²) in [4.78, 5) is 0. The zero-order valence-corrected chi connectivity index (χ0v) is 11.6. The Kier molecular flexibility index (Phi) is 4.97. The molecule has 0 aromatic carbocycles. The highest BCUT2D eigenvalue weighted by Crippen LogP contribution is 2.22. The number of ether oxygens (including phenoxy) is 1.